The third-order valence-corrected chi connectivity index (χ3v) is 24.3. The van der Waals surface area contributed by atoms with E-state index in [1.807, 2.05) is 22.7 Å². The van der Waals surface area contributed by atoms with Gasteiger partial charge in [-0.2, -0.15) is 0 Å². The average molecular weight is 553 g/mol. The molecule has 0 atom stereocenters. The van der Waals surface area contributed by atoms with E-state index in [2.05, 4.69) is 112 Å². The second-order valence-electron chi connectivity index (χ2n) is 10.3. The van der Waals surface area contributed by atoms with Gasteiger partial charge in [0.15, 0.2) is 0 Å². The van der Waals surface area contributed by atoms with Crippen LogP contribution in [0.15, 0.2) is 21.1 Å². The lowest BCUT2D eigenvalue weighted by atomic mass is 10.2. The number of rotatable bonds is 3. The lowest BCUT2D eigenvalue weighted by Crippen LogP contribution is -2.47. The minimum atomic E-state index is -1.52. The molecular weight excluding hydrogens is 520 g/mol. The number of hydrogen-bond acceptors (Lipinski definition) is 2. The molecule has 0 aliphatic rings. The topological polar surface area (TPSA) is 0 Å². The van der Waals surface area contributed by atoms with E-state index in [-0.39, 0.29) is 0 Å². The first-order valence-corrected chi connectivity index (χ1v) is 18.3. The molecule has 2 rings (SSSR count). The maximum absolute atomic E-state index is 3.88. The Labute approximate surface area is 187 Å². The van der Waals surface area contributed by atoms with Crippen molar-refractivity contribution < 1.29 is 0 Å². The summed E-state index contributed by atoms with van der Waals surface area (Å²) in [5.41, 5.74) is 0. The second-order valence-corrected chi connectivity index (χ2v) is 25.4. The summed E-state index contributed by atoms with van der Waals surface area (Å²) in [6.07, 6.45) is 0. The van der Waals surface area contributed by atoms with Crippen LogP contribution in [0.5, 0.6) is 0 Å². The van der Waals surface area contributed by atoms with Crippen LogP contribution in [0.2, 0.25) is 36.3 Å². The van der Waals surface area contributed by atoms with Gasteiger partial charge in [-0.25, -0.2) is 0 Å². The van der Waals surface area contributed by atoms with Crippen LogP contribution in [-0.2, 0) is 0 Å². The van der Waals surface area contributed by atoms with Crippen LogP contribution in [0.4, 0.5) is 0 Å². The average Bonchev–Trinajstić information content (AvgIpc) is 3.00. The van der Waals surface area contributed by atoms with Gasteiger partial charge in [-0.15, -0.1) is 22.7 Å². The van der Waals surface area contributed by atoms with Gasteiger partial charge in [0.2, 0.25) is 0 Å². The van der Waals surface area contributed by atoms with Gasteiger partial charge in [0.25, 0.3) is 0 Å². The summed E-state index contributed by atoms with van der Waals surface area (Å²) < 4.78 is 5.68. The van der Waals surface area contributed by atoms with Gasteiger partial charge in [0.1, 0.15) is 0 Å². The van der Waals surface area contributed by atoms with Crippen LogP contribution < -0.4 is 9.00 Å². The van der Waals surface area contributed by atoms with Crippen molar-refractivity contribution in [2.45, 2.75) is 77.8 Å². The molecule has 0 aromatic carbocycles. The van der Waals surface area contributed by atoms with E-state index in [0.29, 0.717) is 10.1 Å². The van der Waals surface area contributed by atoms with Crippen LogP contribution in [0.25, 0.3) is 9.75 Å². The van der Waals surface area contributed by atoms with Gasteiger partial charge < -0.3 is 0 Å². The molecule has 0 aliphatic heterocycles. The van der Waals surface area contributed by atoms with Gasteiger partial charge in [-0.05, 0) is 63.1 Å². The Bertz CT molecular complexity index is 735. The largest absolute Gasteiger partial charge is 0.143 e. The zero-order valence-corrected chi connectivity index (χ0v) is 24.5. The Morgan fingerprint density at radius 3 is 1.15 bits per heavy atom. The van der Waals surface area contributed by atoms with E-state index < -0.39 is 16.1 Å². The molecule has 2 heterocycles. The van der Waals surface area contributed by atoms with E-state index in [1.165, 1.54) is 18.7 Å². The second kappa shape index (κ2) is 7.24. The Morgan fingerprint density at radius 1 is 0.654 bits per heavy atom. The number of thiophene rings is 2. The van der Waals surface area contributed by atoms with Crippen molar-refractivity contribution in [3.63, 3.8) is 0 Å². The SMILES string of the molecule is CC(C)(C)[Si](C)(C)c1cc(Br)c(-c2sc([Si](C)(C)C(C)(C)C)cc2Br)s1. The van der Waals surface area contributed by atoms with E-state index in [4.69, 9.17) is 0 Å². The highest BCUT2D eigenvalue weighted by Crippen LogP contribution is 2.46. The van der Waals surface area contributed by atoms with Gasteiger partial charge in [-0.3, -0.25) is 0 Å². The van der Waals surface area contributed by atoms with Gasteiger partial charge >= 0.3 is 0 Å². The monoisotopic (exact) mass is 550 g/mol. The summed E-state index contributed by atoms with van der Waals surface area (Å²) in [5.74, 6) is 0. The normalized spacial score (nSPS) is 14.2. The van der Waals surface area contributed by atoms with Crippen molar-refractivity contribution in [2.75, 3.05) is 0 Å². The van der Waals surface area contributed by atoms with Crippen molar-refractivity contribution in [3.05, 3.63) is 21.1 Å². The molecule has 6 heteroatoms. The lowest BCUT2D eigenvalue weighted by Gasteiger charge is -2.36. The van der Waals surface area contributed by atoms with E-state index in [1.54, 1.807) is 9.00 Å². The summed E-state index contributed by atoms with van der Waals surface area (Å²) in [6.45, 7) is 24.4. The Hall–Kier alpha value is 0.794. The molecule has 0 spiro atoms. The molecule has 0 amide bonds. The summed E-state index contributed by atoms with van der Waals surface area (Å²) in [4.78, 5) is 2.79. The summed E-state index contributed by atoms with van der Waals surface area (Å²) in [7, 11) is -3.03. The van der Waals surface area contributed by atoms with Crippen molar-refractivity contribution in [3.8, 4) is 9.75 Å². The molecule has 0 N–H and O–H groups in total. The highest BCUT2D eigenvalue weighted by Gasteiger charge is 2.40. The molecule has 146 valence electrons. The number of hydrogen-bond donors (Lipinski definition) is 0. The fraction of sp³-hybridized carbons (Fsp3) is 0.600. The molecule has 0 radical (unpaired) electrons. The molecule has 0 saturated heterocycles. The fourth-order valence-electron chi connectivity index (χ4n) is 2.40. The fourth-order valence-corrected chi connectivity index (χ4v) is 13.5. The highest BCUT2D eigenvalue weighted by molar-refractivity contribution is 9.11. The van der Waals surface area contributed by atoms with Crippen LogP contribution in [0.1, 0.15) is 41.5 Å². The highest BCUT2D eigenvalue weighted by atomic mass is 79.9. The molecular formula is C20H32Br2S2Si2. The minimum Gasteiger partial charge on any atom is -0.143 e. The maximum atomic E-state index is 3.88. The van der Waals surface area contributed by atoms with Crippen molar-refractivity contribution >= 4 is 79.7 Å². The predicted molar refractivity (Wildman–Crippen MR) is 137 cm³/mol. The van der Waals surface area contributed by atoms with Gasteiger partial charge in [-0.1, -0.05) is 67.7 Å². The van der Waals surface area contributed by atoms with E-state index >= 15 is 0 Å². The summed E-state index contributed by atoms with van der Waals surface area (Å²) in [5, 5.41) is 0.709. The maximum Gasteiger partial charge on any atom is 0.0988 e. The summed E-state index contributed by atoms with van der Waals surface area (Å²) in [6, 6.07) is 4.80. The minimum absolute atomic E-state index is 0.355. The zero-order chi connectivity index (χ0) is 20.3. The molecule has 0 bridgehead atoms. The zero-order valence-electron chi connectivity index (χ0n) is 17.7. The van der Waals surface area contributed by atoms with E-state index in [9.17, 15) is 0 Å². The quantitative estimate of drug-likeness (QED) is 0.335. The molecule has 0 unspecified atom stereocenters. The molecule has 2 aromatic heterocycles. The Kier molecular flexibility index (Phi) is 6.43. The van der Waals surface area contributed by atoms with Crippen LogP contribution in [0, 0.1) is 0 Å². The standard InChI is InChI=1S/C20H32Br2S2Si2/c1-19(2,3)25(7,8)15-11-13(21)17(23-15)18-14(22)12-16(24-18)26(9,10)20(4,5)6/h11-12H,1-10H3. The van der Waals surface area contributed by atoms with Crippen molar-refractivity contribution in [1.29, 1.82) is 0 Å². The van der Waals surface area contributed by atoms with Crippen molar-refractivity contribution in [2.24, 2.45) is 0 Å². The summed E-state index contributed by atoms with van der Waals surface area (Å²) >= 11 is 11.8. The Morgan fingerprint density at radius 2 is 0.923 bits per heavy atom. The van der Waals surface area contributed by atoms with Gasteiger partial charge in [0, 0.05) is 8.95 Å². The predicted octanol–water partition coefficient (Wildman–Crippen LogP) is 8.43. The molecule has 2 aromatic rings. The Balaban J connectivity index is 2.56. The number of halogens is 2. The molecule has 26 heavy (non-hydrogen) atoms. The lowest BCUT2D eigenvalue weighted by molar-refractivity contribution is 0.730. The third kappa shape index (κ3) is 4.06. The smallest absolute Gasteiger partial charge is 0.0988 e. The first-order chi connectivity index (χ1) is 11.5. The van der Waals surface area contributed by atoms with Crippen molar-refractivity contribution in [1.82, 2.24) is 0 Å². The van der Waals surface area contributed by atoms with Crippen LogP contribution in [0.3, 0.4) is 0 Å². The molecule has 0 fully saturated rings. The van der Waals surface area contributed by atoms with Crippen LogP contribution >= 0.6 is 54.5 Å². The molecule has 0 saturated carbocycles. The van der Waals surface area contributed by atoms with E-state index in [0.717, 1.165) is 0 Å². The molecule has 0 nitrogen and oxygen atoms in total. The molecule has 0 aliphatic carbocycles. The van der Waals surface area contributed by atoms with Gasteiger partial charge in [0.05, 0.1) is 25.9 Å². The third-order valence-electron chi connectivity index (χ3n) is 6.56. The first-order valence-electron chi connectivity index (χ1n) is 9.10. The first kappa shape index (κ1) is 23.1. The van der Waals surface area contributed by atoms with Crippen LogP contribution in [-0.4, -0.2) is 16.1 Å².